The first-order valence-corrected chi connectivity index (χ1v) is 10.2. The maximum absolute atomic E-state index is 4.58. The summed E-state index contributed by atoms with van der Waals surface area (Å²) in [4.78, 5) is 13.8. The third-order valence-electron chi connectivity index (χ3n) is 5.19. The fourth-order valence-corrected chi connectivity index (χ4v) is 3.41. The van der Waals surface area contributed by atoms with Gasteiger partial charge in [-0.25, -0.2) is 4.98 Å². The average molecular weight is 508 g/mol. The second kappa shape index (κ2) is 12.6. The lowest BCUT2D eigenvalue weighted by molar-refractivity contribution is 0.270. The van der Waals surface area contributed by atoms with E-state index < -0.39 is 0 Å². The largest absolute Gasteiger partial charge is 0.356 e. The van der Waals surface area contributed by atoms with E-state index in [2.05, 4.69) is 73.7 Å². The third kappa shape index (κ3) is 7.47. The number of pyridine rings is 1. The van der Waals surface area contributed by atoms with Crippen LogP contribution in [-0.2, 0) is 13.0 Å². The lowest BCUT2D eigenvalue weighted by atomic mass is 10.1. The van der Waals surface area contributed by atoms with Crippen LogP contribution in [-0.4, -0.2) is 62.2 Å². The summed E-state index contributed by atoms with van der Waals surface area (Å²) in [5, 5.41) is 6.79. The topological polar surface area (TPSA) is 55.8 Å². The number of piperazine rings is 1. The number of nitrogens with zero attached hydrogens (tertiary/aromatic N) is 4. The number of hydrogen-bond donors (Lipinski definition) is 2. The fourth-order valence-electron chi connectivity index (χ4n) is 3.41. The Balaban J connectivity index is 0.00000300. The molecule has 0 bridgehead atoms. The Kier molecular flexibility index (Phi) is 10.2. The Morgan fingerprint density at radius 2 is 1.79 bits per heavy atom. The van der Waals surface area contributed by atoms with Gasteiger partial charge in [0.25, 0.3) is 0 Å². The summed E-state index contributed by atoms with van der Waals surface area (Å²) in [5.41, 5.74) is 2.54. The SMILES string of the molecule is CCN1CCN(c2cc(CNC(=NC)NCCc3ccccc3)ccn2)CC1.I. The minimum absolute atomic E-state index is 0. The summed E-state index contributed by atoms with van der Waals surface area (Å²) in [6.07, 6.45) is 2.88. The molecule has 2 N–H and O–H groups in total. The summed E-state index contributed by atoms with van der Waals surface area (Å²) in [5.74, 6) is 1.90. The highest BCUT2D eigenvalue weighted by atomic mass is 127. The molecular weight excluding hydrogens is 475 g/mol. The van der Waals surface area contributed by atoms with Gasteiger partial charge in [-0.1, -0.05) is 37.3 Å². The molecule has 1 fully saturated rings. The molecule has 29 heavy (non-hydrogen) atoms. The number of rotatable bonds is 7. The van der Waals surface area contributed by atoms with E-state index in [0.717, 1.165) is 64.0 Å². The summed E-state index contributed by atoms with van der Waals surface area (Å²) < 4.78 is 0. The van der Waals surface area contributed by atoms with Gasteiger partial charge in [0.15, 0.2) is 5.96 Å². The Morgan fingerprint density at radius 3 is 2.48 bits per heavy atom. The molecule has 0 atom stereocenters. The number of anilines is 1. The van der Waals surface area contributed by atoms with Crippen molar-refractivity contribution in [2.75, 3.05) is 51.2 Å². The lowest BCUT2D eigenvalue weighted by Gasteiger charge is -2.34. The average Bonchev–Trinajstić information content (AvgIpc) is 2.77. The summed E-state index contributed by atoms with van der Waals surface area (Å²) in [6, 6.07) is 14.7. The van der Waals surface area contributed by atoms with Crippen LogP contribution in [0.4, 0.5) is 5.82 Å². The highest BCUT2D eigenvalue weighted by Gasteiger charge is 2.16. The molecule has 0 radical (unpaired) electrons. The molecule has 0 spiro atoms. The Hall–Kier alpha value is -1.87. The molecule has 0 amide bonds. The van der Waals surface area contributed by atoms with E-state index in [-0.39, 0.29) is 24.0 Å². The van der Waals surface area contributed by atoms with Gasteiger partial charge in [0.2, 0.25) is 0 Å². The predicted molar refractivity (Wildman–Crippen MR) is 132 cm³/mol. The van der Waals surface area contributed by atoms with Gasteiger partial charge in [-0.3, -0.25) is 4.99 Å². The quantitative estimate of drug-likeness (QED) is 0.342. The Labute approximate surface area is 191 Å². The molecule has 1 aliphatic rings. The van der Waals surface area contributed by atoms with Gasteiger partial charge in [0.1, 0.15) is 5.82 Å². The molecule has 1 aromatic heterocycles. The molecule has 0 saturated carbocycles. The van der Waals surface area contributed by atoms with Crippen molar-refractivity contribution in [3.8, 4) is 0 Å². The van der Waals surface area contributed by atoms with E-state index in [9.17, 15) is 0 Å². The Bertz CT molecular complexity index is 744. The van der Waals surface area contributed by atoms with Crippen LogP contribution in [0, 0.1) is 0 Å². The van der Waals surface area contributed by atoms with Crippen molar-refractivity contribution in [1.82, 2.24) is 20.5 Å². The molecular formula is C22H33IN6. The number of benzene rings is 1. The molecule has 1 aromatic carbocycles. The van der Waals surface area contributed by atoms with Gasteiger partial charge in [-0.2, -0.15) is 0 Å². The minimum Gasteiger partial charge on any atom is -0.356 e. The van der Waals surface area contributed by atoms with Crippen LogP contribution >= 0.6 is 24.0 Å². The van der Waals surface area contributed by atoms with Gasteiger partial charge in [0, 0.05) is 52.5 Å². The van der Waals surface area contributed by atoms with E-state index in [1.807, 2.05) is 19.3 Å². The maximum atomic E-state index is 4.58. The number of hydrogen-bond acceptors (Lipinski definition) is 4. The molecule has 158 valence electrons. The van der Waals surface area contributed by atoms with E-state index in [0.29, 0.717) is 0 Å². The molecule has 3 rings (SSSR count). The first kappa shape index (κ1) is 23.4. The lowest BCUT2D eigenvalue weighted by Crippen LogP contribution is -2.46. The van der Waals surface area contributed by atoms with Crippen LogP contribution in [0.2, 0.25) is 0 Å². The summed E-state index contributed by atoms with van der Waals surface area (Å²) in [6.45, 7) is 9.24. The molecule has 1 aliphatic heterocycles. The number of aliphatic imine (C=N–C) groups is 1. The van der Waals surface area contributed by atoms with E-state index in [4.69, 9.17) is 0 Å². The van der Waals surface area contributed by atoms with E-state index in [1.54, 1.807) is 0 Å². The van der Waals surface area contributed by atoms with E-state index in [1.165, 1.54) is 11.1 Å². The van der Waals surface area contributed by atoms with Gasteiger partial charge in [0.05, 0.1) is 0 Å². The summed E-state index contributed by atoms with van der Waals surface area (Å²) in [7, 11) is 1.81. The zero-order chi connectivity index (χ0) is 19.6. The van der Waals surface area contributed by atoms with Gasteiger partial charge in [-0.05, 0) is 36.2 Å². The van der Waals surface area contributed by atoms with Crippen molar-refractivity contribution in [2.45, 2.75) is 19.9 Å². The van der Waals surface area contributed by atoms with E-state index >= 15 is 0 Å². The second-order valence-electron chi connectivity index (χ2n) is 7.03. The first-order valence-electron chi connectivity index (χ1n) is 10.2. The fraction of sp³-hybridized carbons (Fsp3) is 0.455. The first-order chi connectivity index (χ1) is 13.8. The van der Waals surface area contributed by atoms with Crippen LogP contribution in [0.3, 0.4) is 0 Å². The zero-order valence-electron chi connectivity index (χ0n) is 17.5. The normalized spacial score (nSPS) is 15.0. The monoisotopic (exact) mass is 508 g/mol. The summed E-state index contributed by atoms with van der Waals surface area (Å²) >= 11 is 0. The van der Waals surface area contributed by atoms with Crippen molar-refractivity contribution in [1.29, 1.82) is 0 Å². The molecule has 7 heteroatoms. The zero-order valence-corrected chi connectivity index (χ0v) is 19.8. The molecule has 0 aliphatic carbocycles. The molecule has 1 saturated heterocycles. The second-order valence-corrected chi connectivity index (χ2v) is 7.03. The Morgan fingerprint density at radius 1 is 1.03 bits per heavy atom. The number of guanidine groups is 1. The van der Waals surface area contributed by atoms with Crippen molar-refractivity contribution in [2.24, 2.45) is 4.99 Å². The van der Waals surface area contributed by atoms with Gasteiger partial charge >= 0.3 is 0 Å². The van der Waals surface area contributed by atoms with Crippen LogP contribution in [0.15, 0.2) is 53.7 Å². The maximum Gasteiger partial charge on any atom is 0.191 e. The number of nitrogens with one attached hydrogen (secondary N) is 2. The minimum atomic E-state index is 0. The van der Waals surface area contributed by atoms with Crippen molar-refractivity contribution in [3.63, 3.8) is 0 Å². The number of aromatic nitrogens is 1. The van der Waals surface area contributed by atoms with Crippen LogP contribution in [0.5, 0.6) is 0 Å². The van der Waals surface area contributed by atoms with Crippen molar-refractivity contribution < 1.29 is 0 Å². The highest BCUT2D eigenvalue weighted by Crippen LogP contribution is 2.15. The third-order valence-corrected chi connectivity index (χ3v) is 5.19. The molecule has 6 nitrogen and oxygen atoms in total. The van der Waals surface area contributed by atoms with Crippen LogP contribution in [0.1, 0.15) is 18.1 Å². The molecule has 2 aromatic rings. The predicted octanol–water partition coefficient (Wildman–Crippen LogP) is 2.75. The molecule has 2 heterocycles. The van der Waals surface area contributed by atoms with Gasteiger partial charge < -0.3 is 20.4 Å². The standard InChI is InChI=1S/C22H32N6.HI/c1-3-27-13-15-28(16-14-27)21-17-20(10-11-24-21)18-26-22(23-2)25-12-9-19-7-5-4-6-8-19;/h4-8,10-11,17H,3,9,12-16,18H2,1-2H3,(H2,23,25,26);1H. The van der Waals surface area contributed by atoms with Gasteiger partial charge in [-0.15, -0.1) is 24.0 Å². The molecule has 0 unspecified atom stereocenters. The number of likely N-dealkylation sites (N-methyl/N-ethyl adjacent to an activating group) is 1. The van der Waals surface area contributed by atoms with Crippen molar-refractivity contribution in [3.05, 3.63) is 59.8 Å². The smallest absolute Gasteiger partial charge is 0.191 e. The highest BCUT2D eigenvalue weighted by molar-refractivity contribution is 14.0. The van der Waals surface area contributed by atoms with Crippen LogP contribution in [0.25, 0.3) is 0 Å². The van der Waals surface area contributed by atoms with Crippen molar-refractivity contribution >= 4 is 35.8 Å². The van der Waals surface area contributed by atoms with Crippen LogP contribution < -0.4 is 15.5 Å². The number of halogens is 1.